The van der Waals surface area contributed by atoms with E-state index in [1.165, 1.54) is 19.1 Å². The molecule has 0 fully saturated rings. The number of anilines is 1. The van der Waals surface area contributed by atoms with Gasteiger partial charge >= 0.3 is 0 Å². The van der Waals surface area contributed by atoms with Gasteiger partial charge in [0.15, 0.2) is 0 Å². The van der Waals surface area contributed by atoms with Crippen molar-refractivity contribution in [1.82, 2.24) is 4.72 Å². The number of nitrogens with one attached hydrogen (secondary N) is 2. The first kappa shape index (κ1) is 19.9. The van der Waals surface area contributed by atoms with Crippen LogP contribution in [0.5, 0.6) is 5.75 Å². The van der Waals surface area contributed by atoms with Crippen LogP contribution in [0.1, 0.15) is 32.3 Å². The van der Waals surface area contributed by atoms with Gasteiger partial charge in [-0.1, -0.05) is 32.0 Å². The number of sulfonamides is 1. The molecule has 140 valence electrons. The lowest BCUT2D eigenvalue weighted by Crippen LogP contribution is -2.28. The molecule has 0 spiro atoms. The first-order valence-corrected chi connectivity index (χ1v) is 9.87. The van der Waals surface area contributed by atoms with Crippen molar-refractivity contribution in [3.8, 4) is 5.75 Å². The smallest absolute Gasteiger partial charge is 0.240 e. The predicted molar refractivity (Wildman–Crippen MR) is 102 cm³/mol. The molecule has 0 atom stereocenters. The molecule has 0 aromatic heterocycles. The van der Waals surface area contributed by atoms with E-state index in [0.29, 0.717) is 11.6 Å². The van der Waals surface area contributed by atoms with E-state index < -0.39 is 10.0 Å². The summed E-state index contributed by atoms with van der Waals surface area (Å²) in [6.07, 6.45) is 0. The van der Waals surface area contributed by atoms with Gasteiger partial charge in [-0.25, -0.2) is 13.1 Å². The molecule has 0 heterocycles. The normalized spacial score (nSPS) is 11.4. The number of para-hydroxylation sites is 1. The molecule has 2 N–H and O–H groups in total. The van der Waals surface area contributed by atoms with Crippen molar-refractivity contribution in [1.29, 1.82) is 0 Å². The van der Waals surface area contributed by atoms with Crippen LogP contribution in [0.25, 0.3) is 0 Å². The molecule has 0 unspecified atom stereocenters. The summed E-state index contributed by atoms with van der Waals surface area (Å²) in [6, 6.07) is 13.7. The molecular formula is C19H24N2O4S. The number of rotatable bonds is 8. The Balaban J connectivity index is 1.91. The van der Waals surface area contributed by atoms with Crippen LogP contribution in [0, 0.1) is 0 Å². The molecule has 0 bridgehead atoms. The summed E-state index contributed by atoms with van der Waals surface area (Å²) in [7, 11) is -3.63. The van der Waals surface area contributed by atoms with Crippen molar-refractivity contribution in [2.45, 2.75) is 31.6 Å². The summed E-state index contributed by atoms with van der Waals surface area (Å²) >= 11 is 0. The van der Waals surface area contributed by atoms with Crippen LogP contribution in [0.3, 0.4) is 0 Å². The van der Waals surface area contributed by atoms with Crippen molar-refractivity contribution in [2.75, 3.05) is 18.5 Å². The predicted octanol–water partition coefficient (Wildman–Crippen LogP) is 3.13. The van der Waals surface area contributed by atoms with E-state index in [9.17, 15) is 13.2 Å². The van der Waals surface area contributed by atoms with Gasteiger partial charge < -0.3 is 10.1 Å². The molecular weight excluding hydrogens is 352 g/mol. The third kappa shape index (κ3) is 5.57. The van der Waals surface area contributed by atoms with Gasteiger partial charge in [-0.15, -0.1) is 0 Å². The largest absolute Gasteiger partial charge is 0.492 e. The Morgan fingerprint density at radius 1 is 1.08 bits per heavy atom. The van der Waals surface area contributed by atoms with Crippen LogP contribution in [-0.2, 0) is 14.8 Å². The Kier molecular flexibility index (Phi) is 6.76. The number of carbonyl (C=O) groups excluding carboxylic acids is 1. The quantitative estimate of drug-likeness (QED) is 0.693. The third-order valence-electron chi connectivity index (χ3n) is 3.68. The second-order valence-corrected chi connectivity index (χ2v) is 7.91. The summed E-state index contributed by atoms with van der Waals surface area (Å²) in [6.45, 7) is 5.93. The van der Waals surface area contributed by atoms with Gasteiger partial charge in [0.2, 0.25) is 15.9 Å². The minimum atomic E-state index is -3.63. The highest BCUT2D eigenvalue weighted by molar-refractivity contribution is 7.89. The topological polar surface area (TPSA) is 84.5 Å². The van der Waals surface area contributed by atoms with Gasteiger partial charge in [0, 0.05) is 19.2 Å². The Morgan fingerprint density at radius 3 is 2.35 bits per heavy atom. The van der Waals surface area contributed by atoms with Gasteiger partial charge in [-0.3, -0.25) is 4.79 Å². The highest BCUT2D eigenvalue weighted by Crippen LogP contribution is 2.25. The lowest BCUT2D eigenvalue weighted by Gasteiger charge is -2.14. The van der Waals surface area contributed by atoms with Crippen molar-refractivity contribution in [3.63, 3.8) is 0 Å². The number of carbonyl (C=O) groups is 1. The second-order valence-electron chi connectivity index (χ2n) is 6.14. The van der Waals surface area contributed by atoms with Gasteiger partial charge in [-0.2, -0.15) is 0 Å². The lowest BCUT2D eigenvalue weighted by atomic mass is 10.0. The minimum Gasteiger partial charge on any atom is -0.492 e. The summed E-state index contributed by atoms with van der Waals surface area (Å²) in [5.41, 5.74) is 1.63. The number of hydrogen-bond donors (Lipinski definition) is 2. The molecule has 2 aromatic rings. The van der Waals surface area contributed by atoms with Crippen molar-refractivity contribution in [2.24, 2.45) is 0 Å². The summed E-state index contributed by atoms with van der Waals surface area (Å²) in [5.74, 6) is 0.879. The molecule has 1 amide bonds. The fourth-order valence-electron chi connectivity index (χ4n) is 2.43. The van der Waals surface area contributed by atoms with E-state index in [1.807, 2.05) is 24.3 Å². The SMILES string of the molecule is CC(=O)Nc1ccc(S(=O)(=O)NCCOc2ccccc2C(C)C)cc1. The number of benzene rings is 2. The first-order valence-electron chi connectivity index (χ1n) is 8.38. The summed E-state index contributed by atoms with van der Waals surface area (Å²) in [4.78, 5) is 11.1. The number of ether oxygens (including phenoxy) is 1. The lowest BCUT2D eigenvalue weighted by molar-refractivity contribution is -0.114. The van der Waals surface area contributed by atoms with Gasteiger partial charge in [0.1, 0.15) is 12.4 Å². The second kappa shape index (κ2) is 8.82. The molecule has 7 heteroatoms. The van der Waals surface area contributed by atoms with Gasteiger partial charge in [-0.05, 0) is 41.8 Å². The van der Waals surface area contributed by atoms with E-state index >= 15 is 0 Å². The van der Waals surface area contributed by atoms with E-state index in [0.717, 1.165) is 11.3 Å². The van der Waals surface area contributed by atoms with Crippen LogP contribution < -0.4 is 14.8 Å². The van der Waals surface area contributed by atoms with E-state index in [4.69, 9.17) is 4.74 Å². The van der Waals surface area contributed by atoms with Crippen LogP contribution >= 0.6 is 0 Å². The molecule has 2 aromatic carbocycles. The number of amides is 1. The standard InChI is InChI=1S/C19H24N2O4S/c1-14(2)18-6-4-5-7-19(18)25-13-12-20-26(23,24)17-10-8-16(9-11-17)21-15(3)22/h4-11,14,20H,12-13H2,1-3H3,(H,21,22). The Morgan fingerprint density at radius 2 is 1.73 bits per heavy atom. The van der Waals surface area contributed by atoms with E-state index in [-0.39, 0.29) is 24.0 Å². The highest BCUT2D eigenvalue weighted by atomic mass is 32.2. The van der Waals surface area contributed by atoms with E-state index in [2.05, 4.69) is 23.9 Å². The zero-order valence-corrected chi connectivity index (χ0v) is 16.0. The molecule has 0 radical (unpaired) electrons. The van der Waals surface area contributed by atoms with E-state index in [1.54, 1.807) is 12.1 Å². The maximum Gasteiger partial charge on any atom is 0.240 e. The Hall–Kier alpha value is -2.38. The molecule has 2 rings (SSSR count). The van der Waals surface area contributed by atoms with Gasteiger partial charge in [0.05, 0.1) is 4.90 Å². The van der Waals surface area contributed by atoms with Crippen LogP contribution in [0.4, 0.5) is 5.69 Å². The summed E-state index contributed by atoms with van der Waals surface area (Å²) in [5, 5.41) is 2.59. The zero-order chi connectivity index (χ0) is 19.2. The first-order chi connectivity index (χ1) is 12.3. The van der Waals surface area contributed by atoms with Crippen LogP contribution in [0.15, 0.2) is 53.4 Å². The zero-order valence-electron chi connectivity index (χ0n) is 15.2. The molecule has 0 aliphatic heterocycles. The third-order valence-corrected chi connectivity index (χ3v) is 5.15. The molecule has 26 heavy (non-hydrogen) atoms. The molecule has 0 aliphatic rings. The Labute approximate surface area is 154 Å². The molecule has 0 saturated carbocycles. The van der Waals surface area contributed by atoms with Crippen molar-refractivity contribution in [3.05, 3.63) is 54.1 Å². The van der Waals surface area contributed by atoms with Crippen molar-refractivity contribution >= 4 is 21.6 Å². The fraction of sp³-hybridized carbons (Fsp3) is 0.316. The Bertz CT molecular complexity index is 846. The monoisotopic (exact) mass is 376 g/mol. The van der Waals surface area contributed by atoms with Crippen molar-refractivity contribution < 1.29 is 17.9 Å². The summed E-state index contributed by atoms with van der Waals surface area (Å²) < 4.78 is 32.8. The average molecular weight is 376 g/mol. The van der Waals surface area contributed by atoms with Gasteiger partial charge in [0.25, 0.3) is 0 Å². The number of hydrogen-bond acceptors (Lipinski definition) is 4. The molecule has 6 nitrogen and oxygen atoms in total. The van der Waals surface area contributed by atoms with Crippen LogP contribution in [0.2, 0.25) is 0 Å². The maximum atomic E-state index is 12.3. The fourth-order valence-corrected chi connectivity index (χ4v) is 3.44. The minimum absolute atomic E-state index is 0.134. The molecule has 0 aliphatic carbocycles. The maximum absolute atomic E-state index is 12.3. The molecule has 0 saturated heterocycles. The van der Waals surface area contributed by atoms with Crippen LogP contribution in [-0.4, -0.2) is 27.5 Å². The average Bonchev–Trinajstić information content (AvgIpc) is 2.59. The highest BCUT2D eigenvalue weighted by Gasteiger charge is 2.14.